The van der Waals surface area contributed by atoms with E-state index in [9.17, 15) is 0 Å². The molecular formula is C33H46N6. The molecule has 0 aliphatic carbocycles. The van der Waals surface area contributed by atoms with Crippen LogP contribution in [0.1, 0.15) is 72.2 Å². The summed E-state index contributed by atoms with van der Waals surface area (Å²) in [7, 11) is 2.09. The molecule has 0 spiro atoms. The highest BCUT2D eigenvalue weighted by atomic mass is 15.1. The molecule has 6 nitrogen and oxygen atoms in total. The highest BCUT2D eigenvalue weighted by molar-refractivity contribution is 6.31. The molecule has 39 heavy (non-hydrogen) atoms. The Morgan fingerprint density at radius 2 is 1.74 bits per heavy atom. The molecule has 0 unspecified atom stereocenters. The number of imidazole rings is 1. The van der Waals surface area contributed by atoms with Crippen LogP contribution in [0.5, 0.6) is 0 Å². The Balaban J connectivity index is 0.00000127. The van der Waals surface area contributed by atoms with Crippen molar-refractivity contribution in [3.05, 3.63) is 90.0 Å². The van der Waals surface area contributed by atoms with Crippen molar-refractivity contribution in [2.45, 2.75) is 61.8 Å². The summed E-state index contributed by atoms with van der Waals surface area (Å²) in [6.07, 6.45) is 8.79. The summed E-state index contributed by atoms with van der Waals surface area (Å²) in [5, 5.41) is 3.47. The first-order chi connectivity index (χ1) is 19.1. The van der Waals surface area contributed by atoms with Gasteiger partial charge >= 0.3 is 0 Å². The van der Waals surface area contributed by atoms with Crippen molar-refractivity contribution in [2.24, 2.45) is 4.99 Å². The van der Waals surface area contributed by atoms with Gasteiger partial charge in [-0.15, -0.1) is 0 Å². The van der Waals surface area contributed by atoms with E-state index in [1.807, 2.05) is 52.4 Å². The number of aryl methyl sites for hydroxylation is 1. The standard InChI is InChI=1S/C29H34N6.2C2H6/c1-6-21-12-10-13-22(18-21)27(30-8-3)25(7-2)26-20-32-29-28(31-16-17-35(26)29)33-23-14-11-15-24(19-23)34(5)9-4;2*1-2/h7,10-20H,6,8-9H2,1-5H3,(H,31,33);2*1-2H3/b25-7-,30-27?;;. The monoisotopic (exact) mass is 526 g/mol. The van der Waals surface area contributed by atoms with Crippen LogP contribution in [0.25, 0.3) is 11.2 Å². The van der Waals surface area contributed by atoms with Gasteiger partial charge in [0.05, 0.1) is 17.6 Å². The van der Waals surface area contributed by atoms with E-state index in [1.54, 1.807) is 0 Å². The van der Waals surface area contributed by atoms with Crippen LogP contribution in [0.15, 0.2) is 78.2 Å². The lowest BCUT2D eigenvalue weighted by Gasteiger charge is -2.18. The van der Waals surface area contributed by atoms with Crippen LogP contribution in [-0.4, -0.2) is 40.2 Å². The van der Waals surface area contributed by atoms with Crippen LogP contribution < -0.4 is 10.2 Å². The molecule has 0 amide bonds. The number of aromatic nitrogens is 3. The number of hydrogen-bond donors (Lipinski definition) is 1. The Morgan fingerprint density at radius 3 is 2.41 bits per heavy atom. The molecule has 0 radical (unpaired) electrons. The van der Waals surface area contributed by atoms with Gasteiger partial charge in [-0.05, 0) is 57.0 Å². The third kappa shape index (κ3) is 7.56. The SMILES string of the molecule is C/C=C(\C(=NCC)c1cccc(CC)c1)c1cnc2c(Nc3cccc(N(C)CC)c3)nccn12.CC.CC. The Bertz CT molecular complexity index is 1370. The molecule has 4 aromatic rings. The number of benzene rings is 2. The average Bonchev–Trinajstić information content (AvgIpc) is 3.44. The molecule has 6 heteroatoms. The number of aliphatic imine (C=N–C) groups is 1. The summed E-state index contributed by atoms with van der Waals surface area (Å²) in [6, 6.07) is 17.0. The van der Waals surface area contributed by atoms with Crippen molar-refractivity contribution >= 4 is 34.1 Å². The lowest BCUT2D eigenvalue weighted by atomic mass is 9.97. The number of nitrogens with one attached hydrogen (secondary N) is 1. The van der Waals surface area contributed by atoms with Gasteiger partial charge in [0.15, 0.2) is 11.5 Å². The van der Waals surface area contributed by atoms with E-state index in [-0.39, 0.29) is 0 Å². The van der Waals surface area contributed by atoms with E-state index in [1.165, 1.54) is 5.56 Å². The summed E-state index contributed by atoms with van der Waals surface area (Å²) >= 11 is 0. The molecule has 4 rings (SSSR count). The highest BCUT2D eigenvalue weighted by Gasteiger charge is 2.18. The molecular weight excluding hydrogens is 480 g/mol. The van der Waals surface area contributed by atoms with E-state index in [4.69, 9.17) is 9.98 Å². The van der Waals surface area contributed by atoms with Crippen molar-refractivity contribution in [1.82, 2.24) is 14.4 Å². The molecule has 0 atom stereocenters. The van der Waals surface area contributed by atoms with Crippen LogP contribution in [0.4, 0.5) is 17.2 Å². The first-order valence-corrected chi connectivity index (χ1v) is 14.3. The number of fused-ring (bicyclic) bond motifs is 1. The Hall–Kier alpha value is -3.93. The zero-order valence-corrected chi connectivity index (χ0v) is 25.3. The summed E-state index contributed by atoms with van der Waals surface area (Å²) in [6.45, 7) is 18.1. The number of allylic oxidation sites excluding steroid dienone is 2. The fourth-order valence-electron chi connectivity index (χ4n) is 4.18. The van der Waals surface area contributed by atoms with E-state index in [0.29, 0.717) is 12.4 Å². The van der Waals surface area contributed by atoms with Gasteiger partial charge in [-0.3, -0.25) is 9.39 Å². The minimum Gasteiger partial charge on any atom is -0.375 e. The predicted molar refractivity (Wildman–Crippen MR) is 171 cm³/mol. The smallest absolute Gasteiger partial charge is 0.180 e. The Kier molecular flexibility index (Phi) is 12.9. The summed E-state index contributed by atoms with van der Waals surface area (Å²) < 4.78 is 2.08. The van der Waals surface area contributed by atoms with E-state index >= 15 is 0 Å². The van der Waals surface area contributed by atoms with Gasteiger partial charge in [-0.1, -0.05) is 65.0 Å². The molecule has 2 aromatic heterocycles. The second-order valence-corrected chi connectivity index (χ2v) is 8.38. The first kappa shape index (κ1) is 31.3. The van der Waals surface area contributed by atoms with Crippen molar-refractivity contribution in [3.63, 3.8) is 0 Å². The van der Waals surface area contributed by atoms with E-state index < -0.39 is 0 Å². The van der Waals surface area contributed by atoms with Gasteiger partial charge in [0.1, 0.15) is 0 Å². The van der Waals surface area contributed by atoms with Crippen molar-refractivity contribution < 1.29 is 0 Å². The molecule has 1 N–H and O–H groups in total. The minimum atomic E-state index is 0.705. The van der Waals surface area contributed by atoms with Gasteiger partial charge in [0.25, 0.3) is 0 Å². The highest BCUT2D eigenvalue weighted by Crippen LogP contribution is 2.27. The zero-order valence-electron chi connectivity index (χ0n) is 25.3. The van der Waals surface area contributed by atoms with Crippen LogP contribution in [0.2, 0.25) is 0 Å². The molecule has 208 valence electrons. The molecule has 0 aliphatic heterocycles. The maximum Gasteiger partial charge on any atom is 0.180 e. The molecule has 2 heterocycles. The average molecular weight is 527 g/mol. The summed E-state index contributed by atoms with van der Waals surface area (Å²) in [5.41, 5.74) is 8.34. The zero-order chi connectivity index (χ0) is 28.8. The van der Waals surface area contributed by atoms with Crippen molar-refractivity contribution in [2.75, 3.05) is 30.4 Å². The summed E-state index contributed by atoms with van der Waals surface area (Å²) in [5.74, 6) is 0.715. The largest absolute Gasteiger partial charge is 0.375 e. The van der Waals surface area contributed by atoms with E-state index in [2.05, 4.69) is 103 Å². The molecule has 0 fully saturated rings. The fraction of sp³-hybridized carbons (Fsp3) is 0.364. The molecule has 0 saturated carbocycles. The van der Waals surface area contributed by atoms with Gasteiger partial charge < -0.3 is 10.2 Å². The number of rotatable bonds is 9. The fourth-order valence-corrected chi connectivity index (χ4v) is 4.18. The van der Waals surface area contributed by atoms with Crippen LogP contribution in [0.3, 0.4) is 0 Å². The van der Waals surface area contributed by atoms with Gasteiger partial charge in [-0.25, -0.2) is 9.97 Å². The quantitative estimate of drug-likeness (QED) is 0.222. The lowest BCUT2D eigenvalue weighted by molar-refractivity contribution is 0.968. The van der Waals surface area contributed by atoms with Crippen LogP contribution in [0, 0.1) is 0 Å². The molecule has 0 bridgehead atoms. The van der Waals surface area contributed by atoms with Crippen molar-refractivity contribution in [3.8, 4) is 0 Å². The molecule has 2 aromatic carbocycles. The topological polar surface area (TPSA) is 57.8 Å². The number of nitrogens with zero attached hydrogens (tertiary/aromatic N) is 5. The van der Waals surface area contributed by atoms with Crippen LogP contribution >= 0.6 is 0 Å². The van der Waals surface area contributed by atoms with Gasteiger partial charge in [-0.2, -0.15) is 0 Å². The predicted octanol–water partition coefficient (Wildman–Crippen LogP) is 8.46. The first-order valence-electron chi connectivity index (χ1n) is 14.3. The second kappa shape index (κ2) is 16.1. The lowest BCUT2D eigenvalue weighted by Crippen LogP contribution is -2.15. The van der Waals surface area contributed by atoms with Gasteiger partial charge in [0.2, 0.25) is 0 Å². The van der Waals surface area contributed by atoms with Crippen molar-refractivity contribution in [1.29, 1.82) is 0 Å². The van der Waals surface area contributed by atoms with Crippen LogP contribution in [-0.2, 0) is 6.42 Å². The maximum absolute atomic E-state index is 4.90. The Labute approximate surface area is 235 Å². The normalized spacial score (nSPS) is 11.3. The summed E-state index contributed by atoms with van der Waals surface area (Å²) in [4.78, 5) is 16.5. The second-order valence-electron chi connectivity index (χ2n) is 8.38. The maximum atomic E-state index is 4.90. The third-order valence-electron chi connectivity index (χ3n) is 6.20. The minimum absolute atomic E-state index is 0.705. The van der Waals surface area contributed by atoms with E-state index in [0.717, 1.165) is 52.5 Å². The number of hydrogen-bond acceptors (Lipinski definition) is 5. The number of anilines is 3. The Morgan fingerprint density at radius 1 is 1.00 bits per heavy atom. The molecule has 0 aliphatic rings. The third-order valence-corrected chi connectivity index (χ3v) is 6.20. The molecule has 0 saturated heterocycles. The van der Waals surface area contributed by atoms with Gasteiger partial charge in [0, 0.05) is 55.0 Å².